The number of rotatable bonds is 4. The van der Waals surface area contributed by atoms with E-state index in [4.69, 9.17) is 0 Å². The van der Waals surface area contributed by atoms with Gasteiger partial charge in [0.2, 0.25) is 0 Å². The molecule has 0 bridgehead atoms. The summed E-state index contributed by atoms with van der Waals surface area (Å²) in [4.78, 5) is 0. The molecule has 84 valence electrons. The van der Waals surface area contributed by atoms with Gasteiger partial charge in [0, 0.05) is 12.5 Å². The molecule has 2 aromatic carbocycles. The smallest absolute Gasteiger partial charge is 0.0511 e. The van der Waals surface area contributed by atoms with Crippen LogP contribution in [0, 0.1) is 0 Å². The van der Waals surface area contributed by atoms with Crippen molar-refractivity contribution in [3.63, 3.8) is 0 Å². The summed E-state index contributed by atoms with van der Waals surface area (Å²) < 4.78 is 0. The maximum atomic E-state index is 9.34. The molecular weight excluding hydrogens is 198 g/mol. The van der Waals surface area contributed by atoms with Crippen molar-refractivity contribution in [1.82, 2.24) is 5.32 Å². The summed E-state index contributed by atoms with van der Waals surface area (Å²) in [5.41, 5.74) is 1.19. The van der Waals surface area contributed by atoms with Crippen LogP contribution in [0.4, 0.5) is 0 Å². The summed E-state index contributed by atoms with van der Waals surface area (Å²) in [6.45, 7) is 0.980. The van der Waals surface area contributed by atoms with Crippen LogP contribution in [0.1, 0.15) is 11.5 Å². The van der Waals surface area contributed by atoms with Gasteiger partial charge in [-0.3, -0.25) is 0 Å². The third-order valence-corrected chi connectivity index (χ3v) is 2.92. The summed E-state index contributed by atoms with van der Waals surface area (Å²) in [5.74, 6) is 0.176. The molecule has 0 aromatic heterocycles. The maximum Gasteiger partial charge on any atom is 0.0511 e. The van der Waals surface area contributed by atoms with Gasteiger partial charge in [-0.2, -0.15) is 0 Å². The summed E-state index contributed by atoms with van der Waals surface area (Å²) >= 11 is 0. The predicted octanol–water partition coefficient (Wildman–Crippen LogP) is 2.14. The van der Waals surface area contributed by atoms with Crippen molar-refractivity contribution in [2.24, 2.45) is 0 Å². The Kier molecular flexibility index (Phi) is 3.54. The van der Waals surface area contributed by atoms with Gasteiger partial charge in [-0.25, -0.2) is 0 Å². The van der Waals surface area contributed by atoms with Crippen LogP contribution in [0.5, 0.6) is 0 Å². The summed E-state index contributed by atoms with van der Waals surface area (Å²) in [7, 11) is 1.91. The molecule has 1 unspecified atom stereocenters. The number of fused-ring (bicyclic) bond motifs is 1. The fraction of sp³-hybridized carbons (Fsp3) is 0.286. The first-order valence-corrected chi connectivity index (χ1v) is 5.59. The minimum absolute atomic E-state index is 0.176. The molecule has 2 nitrogen and oxygen atoms in total. The van der Waals surface area contributed by atoms with Crippen molar-refractivity contribution in [1.29, 1.82) is 0 Å². The molecule has 0 aliphatic heterocycles. The number of hydrogen-bond acceptors (Lipinski definition) is 2. The lowest BCUT2D eigenvalue weighted by Crippen LogP contribution is -2.19. The lowest BCUT2D eigenvalue weighted by molar-refractivity contribution is 0.263. The standard InChI is InChI=1S/C14H17NO/c1-15-9-14(10-16)13-7-6-11-4-2-3-5-12(11)8-13/h2-8,14-16H,9-10H2,1H3. The molecule has 1 atom stereocenters. The first-order valence-electron chi connectivity index (χ1n) is 5.59. The van der Waals surface area contributed by atoms with Crippen LogP contribution in [0.15, 0.2) is 42.5 Å². The zero-order valence-electron chi connectivity index (χ0n) is 9.48. The van der Waals surface area contributed by atoms with E-state index in [2.05, 4.69) is 35.6 Å². The third-order valence-electron chi connectivity index (χ3n) is 2.92. The van der Waals surface area contributed by atoms with Crippen LogP contribution in [-0.2, 0) is 0 Å². The Labute approximate surface area is 95.9 Å². The second-order valence-corrected chi connectivity index (χ2v) is 4.04. The van der Waals surface area contributed by atoms with E-state index in [1.54, 1.807) is 0 Å². The molecule has 2 heteroatoms. The van der Waals surface area contributed by atoms with E-state index in [1.807, 2.05) is 19.2 Å². The van der Waals surface area contributed by atoms with E-state index in [0.717, 1.165) is 6.54 Å². The van der Waals surface area contributed by atoms with Crippen molar-refractivity contribution < 1.29 is 5.11 Å². The zero-order chi connectivity index (χ0) is 11.4. The van der Waals surface area contributed by atoms with E-state index < -0.39 is 0 Å². The van der Waals surface area contributed by atoms with Gasteiger partial charge in [0.1, 0.15) is 0 Å². The quantitative estimate of drug-likeness (QED) is 0.819. The fourth-order valence-corrected chi connectivity index (χ4v) is 2.00. The first kappa shape index (κ1) is 11.1. The number of aliphatic hydroxyl groups excluding tert-OH is 1. The Morgan fingerprint density at radius 1 is 1.12 bits per heavy atom. The van der Waals surface area contributed by atoms with Crippen LogP contribution in [0.2, 0.25) is 0 Å². The Morgan fingerprint density at radius 3 is 2.56 bits per heavy atom. The molecule has 0 aliphatic carbocycles. The Bertz CT molecular complexity index is 467. The Balaban J connectivity index is 2.37. The largest absolute Gasteiger partial charge is 0.396 e. The average Bonchev–Trinajstić information content (AvgIpc) is 2.35. The van der Waals surface area contributed by atoms with Gasteiger partial charge in [0.05, 0.1) is 6.61 Å². The first-order chi connectivity index (χ1) is 7.85. The molecule has 0 saturated carbocycles. The highest BCUT2D eigenvalue weighted by Gasteiger charge is 2.09. The molecule has 0 amide bonds. The number of nitrogens with one attached hydrogen (secondary N) is 1. The normalized spacial score (nSPS) is 12.9. The van der Waals surface area contributed by atoms with Crippen molar-refractivity contribution in [2.45, 2.75) is 5.92 Å². The van der Waals surface area contributed by atoms with Crippen LogP contribution in [-0.4, -0.2) is 25.3 Å². The zero-order valence-corrected chi connectivity index (χ0v) is 9.48. The second-order valence-electron chi connectivity index (χ2n) is 4.04. The summed E-state index contributed by atoms with van der Waals surface area (Å²) in [6, 6.07) is 14.7. The van der Waals surface area contributed by atoms with Gasteiger partial charge in [-0.05, 0) is 23.4 Å². The third kappa shape index (κ3) is 2.23. The van der Waals surface area contributed by atoms with Crippen LogP contribution >= 0.6 is 0 Å². The Hall–Kier alpha value is -1.38. The van der Waals surface area contributed by atoms with E-state index in [9.17, 15) is 5.11 Å². The number of hydrogen-bond donors (Lipinski definition) is 2. The molecule has 0 saturated heterocycles. The van der Waals surface area contributed by atoms with Crippen molar-refractivity contribution >= 4 is 10.8 Å². The molecule has 2 N–H and O–H groups in total. The second kappa shape index (κ2) is 5.10. The highest BCUT2D eigenvalue weighted by molar-refractivity contribution is 5.83. The monoisotopic (exact) mass is 215 g/mol. The van der Waals surface area contributed by atoms with Gasteiger partial charge < -0.3 is 10.4 Å². The van der Waals surface area contributed by atoms with E-state index in [-0.39, 0.29) is 12.5 Å². The fourth-order valence-electron chi connectivity index (χ4n) is 2.00. The highest BCUT2D eigenvalue weighted by Crippen LogP contribution is 2.21. The average molecular weight is 215 g/mol. The highest BCUT2D eigenvalue weighted by atomic mass is 16.3. The van der Waals surface area contributed by atoms with E-state index in [1.165, 1.54) is 16.3 Å². The topological polar surface area (TPSA) is 32.3 Å². The van der Waals surface area contributed by atoms with E-state index in [0.29, 0.717) is 0 Å². The van der Waals surface area contributed by atoms with Crippen molar-refractivity contribution in [2.75, 3.05) is 20.2 Å². The molecule has 0 aliphatic rings. The minimum atomic E-state index is 0.176. The molecule has 16 heavy (non-hydrogen) atoms. The van der Waals surface area contributed by atoms with Gasteiger partial charge in [0.25, 0.3) is 0 Å². The molecule has 0 radical (unpaired) electrons. The van der Waals surface area contributed by atoms with Crippen molar-refractivity contribution in [3.05, 3.63) is 48.0 Å². The van der Waals surface area contributed by atoms with Gasteiger partial charge in [-0.15, -0.1) is 0 Å². The number of aliphatic hydroxyl groups is 1. The summed E-state index contributed by atoms with van der Waals surface area (Å²) in [6.07, 6.45) is 0. The lowest BCUT2D eigenvalue weighted by Gasteiger charge is -2.14. The van der Waals surface area contributed by atoms with Crippen LogP contribution in [0.25, 0.3) is 10.8 Å². The molecule has 0 heterocycles. The van der Waals surface area contributed by atoms with Crippen molar-refractivity contribution in [3.8, 4) is 0 Å². The van der Waals surface area contributed by atoms with Crippen LogP contribution in [0.3, 0.4) is 0 Å². The molecule has 2 rings (SSSR count). The Morgan fingerprint density at radius 2 is 1.88 bits per heavy atom. The lowest BCUT2D eigenvalue weighted by atomic mass is 9.97. The van der Waals surface area contributed by atoms with Gasteiger partial charge in [0.15, 0.2) is 0 Å². The van der Waals surface area contributed by atoms with Gasteiger partial charge in [-0.1, -0.05) is 42.5 Å². The SMILES string of the molecule is CNCC(CO)c1ccc2ccccc2c1. The molecular formula is C14H17NO. The van der Waals surface area contributed by atoms with Crippen LogP contribution < -0.4 is 5.32 Å². The molecule has 0 spiro atoms. The number of benzene rings is 2. The predicted molar refractivity (Wildman–Crippen MR) is 67.7 cm³/mol. The molecule has 2 aromatic rings. The maximum absolute atomic E-state index is 9.34. The minimum Gasteiger partial charge on any atom is -0.396 e. The summed E-state index contributed by atoms with van der Waals surface area (Å²) in [5, 5.41) is 14.9. The van der Waals surface area contributed by atoms with Gasteiger partial charge >= 0.3 is 0 Å². The molecule has 0 fully saturated rings. The van der Waals surface area contributed by atoms with E-state index >= 15 is 0 Å². The number of likely N-dealkylation sites (N-methyl/N-ethyl adjacent to an activating group) is 1.